The molecule has 0 saturated heterocycles. The predicted molar refractivity (Wildman–Crippen MR) is 101 cm³/mol. The van der Waals surface area contributed by atoms with Crippen molar-refractivity contribution in [1.29, 1.82) is 0 Å². The van der Waals surface area contributed by atoms with Crippen LogP contribution in [0, 0.1) is 0 Å². The molecular formula is C20H18N2O2S. The van der Waals surface area contributed by atoms with E-state index < -0.39 is 0 Å². The number of nitrogens with one attached hydrogen (secondary N) is 1. The second kappa shape index (κ2) is 6.69. The third-order valence-corrected chi connectivity index (χ3v) is 5.25. The van der Waals surface area contributed by atoms with E-state index in [2.05, 4.69) is 16.4 Å². The molecule has 1 N–H and O–H groups in total. The number of para-hydroxylation sites is 2. The van der Waals surface area contributed by atoms with Crippen LogP contribution in [0.4, 0.5) is 0 Å². The molecule has 4 nitrogen and oxygen atoms in total. The summed E-state index contributed by atoms with van der Waals surface area (Å²) in [5.41, 5.74) is 1.84. The molecule has 5 heteroatoms. The number of aromatic nitrogens is 1. The number of rotatable bonds is 5. The molecule has 25 heavy (non-hydrogen) atoms. The number of furan rings is 1. The molecule has 0 unspecified atom stereocenters. The minimum absolute atomic E-state index is 0.00668. The number of carbonyl (C=O) groups is 1. The van der Waals surface area contributed by atoms with Crippen LogP contribution in [-0.2, 0) is 11.2 Å². The first-order valence-electron chi connectivity index (χ1n) is 8.31. The Morgan fingerprint density at radius 1 is 1.20 bits per heavy atom. The molecule has 2 aromatic carbocycles. The van der Waals surface area contributed by atoms with E-state index in [1.54, 1.807) is 11.3 Å². The van der Waals surface area contributed by atoms with Crippen molar-refractivity contribution in [3.05, 3.63) is 65.4 Å². The molecule has 4 aromatic rings. The third kappa shape index (κ3) is 3.42. The number of hydrogen-bond donors (Lipinski definition) is 1. The summed E-state index contributed by atoms with van der Waals surface area (Å²) in [7, 11) is 0. The SMILES string of the molecule is C[C@H](NC(=O)CCc1nc2ccccc2s1)c1cc2ccccc2o1. The van der Waals surface area contributed by atoms with Crippen molar-refractivity contribution in [2.75, 3.05) is 0 Å². The molecule has 2 aromatic heterocycles. The molecule has 0 aliphatic carbocycles. The van der Waals surface area contributed by atoms with Gasteiger partial charge in [-0.25, -0.2) is 4.98 Å². The van der Waals surface area contributed by atoms with Crippen LogP contribution in [0.15, 0.2) is 59.0 Å². The number of benzene rings is 2. The highest BCUT2D eigenvalue weighted by Crippen LogP contribution is 2.24. The van der Waals surface area contributed by atoms with Gasteiger partial charge < -0.3 is 9.73 Å². The molecular weight excluding hydrogens is 332 g/mol. The van der Waals surface area contributed by atoms with Crippen LogP contribution in [0.25, 0.3) is 21.2 Å². The summed E-state index contributed by atoms with van der Waals surface area (Å²) in [6.45, 7) is 1.94. The Morgan fingerprint density at radius 3 is 2.84 bits per heavy atom. The van der Waals surface area contributed by atoms with Gasteiger partial charge in [0.2, 0.25) is 5.91 Å². The van der Waals surface area contributed by atoms with Gasteiger partial charge in [0.05, 0.1) is 21.3 Å². The summed E-state index contributed by atoms with van der Waals surface area (Å²) in [5, 5.41) is 5.05. The molecule has 0 aliphatic heterocycles. The van der Waals surface area contributed by atoms with Gasteiger partial charge >= 0.3 is 0 Å². The van der Waals surface area contributed by atoms with E-state index >= 15 is 0 Å². The van der Waals surface area contributed by atoms with Crippen LogP contribution in [0.5, 0.6) is 0 Å². The number of carbonyl (C=O) groups excluding carboxylic acids is 1. The Hall–Kier alpha value is -2.66. The molecule has 0 bridgehead atoms. The van der Waals surface area contributed by atoms with Gasteiger partial charge in [0.15, 0.2) is 0 Å². The maximum Gasteiger partial charge on any atom is 0.220 e. The topological polar surface area (TPSA) is 55.1 Å². The van der Waals surface area contributed by atoms with E-state index in [0.29, 0.717) is 12.8 Å². The third-order valence-electron chi connectivity index (χ3n) is 4.15. The van der Waals surface area contributed by atoms with Gasteiger partial charge in [-0.2, -0.15) is 0 Å². The van der Waals surface area contributed by atoms with E-state index in [4.69, 9.17) is 4.42 Å². The van der Waals surface area contributed by atoms with Crippen molar-refractivity contribution in [3.8, 4) is 0 Å². The van der Waals surface area contributed by atoms with Crippen molar-refractivity contribution in [3.63, 3.8) is 0 Å². The highest BCUT2D eigenvalue weighted by Gasteiger charge is 2.14. The Labute approximate surface area is 149 Å². The highest BCUT2D eigenvalue weighted by atomic mass is 32.1. The van der Waals surface area contributed by atoms with Gasteiger partial charge in [0.1, 0.15) is 11.3 Å². The number of nitrogens with zero attached hydrogens (tertiary/aromatic N) is 1. The van der Waals surface area contributed by atoms with Gasteiger partial charge in [-0.3, -0.25) is 4.79 Å². The van der Waals surface area contributed by atoms with Gasteiger partial charge in [-0.15, -0.1) is 11.3 Å². The van der Waals surface area contributed by atoms with Crippen LogP contribution in [0.3, 0.4) is 0 Å². The van der Waals surface area contributed by atoms with Gasteiger partial charge in [-0.1, -0.05) is 30.3 Å². The fourth-order valence-corrected chi connectivity index (χ4v) is 3.81. The molecule has 2 heterocycles. The van der Waals surface area contributed by atoms with Crippen molar-refractivity contribution in [1.82, 2.24) is 10.3 Å². The lowest BCUT2D eigenvalue weighted by molar-refractivity contribution is -0.121. The van der Waals surface area contributed by atoms with Crippen LogP contribution in [-0.4, -0.2) is 10.9 Å². The van der Waals surface area contributed by atoms with E-state index in [1.165, 1.54) is 0 Å². The van der Waals surface area contributed by atoms with E-state index in [-0.39, 0.29) is 11.9 Å². The number of hydrogen-bond acceptors (Lipinski definition) is 4. The first-order chi connectivity index (χ1) is 12.2. The summed E-state index contributed by atoms with van der Waals surface area (Å²) < 4.78 is 6.97. The standard InChI is InChI=1S/C20H18N2O2S/c1-13(17-12-14-6-2-4-8-16(14)24-17)21-19(23)10-11-20-22-15-7-3-5-9-18(15)25-20/h2-9,12-13H,10-11H2,1H3,(H,21,23)/t13-/m0/s1. The minimum Gasteiger partial charge on any atom is -0.459 e. The lowest BCUT2D eigenvalue weighted by Crippen LogP contribution is -2.26. The normalized spacial score (nSPS) is 12.5. The average molecular weight is 350 g/mol. The summed E-state index contributed by atoms with van der Waals surface area (Å²) in [5.74, 6) is 0.779. The van der Waals surface area contributed by atoms with Crippen molar-refractivity contribution < 1.29 is 9.21 Å². The fraction of sp³-hybridized carbons (Fsp3) is 0.200. The smallest absolute Gasteiger partial charge is 0.220 e. The Balaban J connectivity index is 1.37. The Kier molecular flexibility index (Phi) is 4.24. The second-order valence-electron chi connectivity index (χ2n) is 6.05. The molecule has 4 rings (SSSR count). The highest BCUT2D eigenvalue weighted by molar-refractivity contribution is 7.18. The summed E-state index contributed by atoms with van der Waals surface area (Å²) in [4.78, 5) is 16.8. The average Bonchev–Trinajstić information content (AvgIpc) is 3.23. The maximum absolute atomic E-state index is 12.3. The minimum atomic E-state index is -0.157. The largest absolute Gasteiger partial charge is 0.459 e. The second-order valence-corrected chi connectivity index (χ2v) is 7.17. The number of aryl methyl sites for hydroxylation is 1. The molecule has 0 radical (unpaired) electrons. The van der Waals surface area contributed by atoms with Crippen LogP contribution >= 0.6 is 11.3 Å². The van der Waals surface area contributed by atoms with Gasteiger partial charge in [-0.05, 0) is 31.2 Å². The first-order valence-corrected chi connectivity index (χ1v) is 9.13. The summed E-state index contributed by atoms with van der Waals surface area (Å²) >= 11 is 1.65. The van der Waals surface area contributed by atoms with Crippen molar-refractivity contribution in [2.24, 2.45) is 0 Å². The molecule has 0 aliphatic rings. The van der Waals surface area contributed by atoms with Crippen molar-refractivity contribution in [2.45, 2.75) is 25.8 Å². The zero-order valence-corrected chi connectivity index (χ0v) is 14.7. The van der Waals surface area contributed by atoms with Crippen molar-refractivity contribution >= 4 is 38.4 Å². The summed E-state index contributed by atoms with van der Waals surface area (Å²) in [6.07, 6.45) is 1.07. The molecule has 1 atom stereocenters. The maximum atomic E-state index is 12.3. The van der Waals surface area contributed by atoms with E-state index in [9.17, 15) is 4.79 Å². The monoisotopic (exact) mass is 350 g/mol. The van der Waals surface area contributed by atoms with Gasteiger partial charge in [0, 0.05) is 18.2 Å². The Morgan fingerprint density at radius 2 is 2.00 bits per heavy atom. The van der Waals surface area contributed by atoms with Gasteiger partial charge in [0.25, 0.3) is 0 Å². The summed E-state index contributed by atoms with van der Waals surface area (Å²) in [6, 6.07) is 17.7. The fourth-order valence-electron chi connectivity index (χ4n) is 2.85. The number of thiazole rings is 1. The van der Waals surface area contributed by atoms with E-state index in [1.807, 2.05) is 55.5 Å². The number of fused-ring (bicyclic) bond motifs is 2. The number of amides is 1. The molecule has 1 amide bonds. The predicted octanol–water partition coefficient (Wildman–Crippen LogP) is 4.85. The molecule has 0 spiro atoms. The molecule has 0 fully saturated rings. The zero-order valence-electron chi connectivity index (χ0n) is 13.9. The first kappa shape index (κ1) is 15.8. The molecule has 0 saturated carbocycles. The van der Waals surface area contributed by atoms with Crippen LogP contribution in [0.1, 0.15) is 30.2 Å². The Bertz CT molecular complexity index is 968. The zero-order chi connectivity index (χ0) is 17.2. The molecule has 126 valence electrons. The van der Waals surface area contributed by atoms with Crippen LogP contribution < -0.4 is 5.32 Å². The quantitative estimate of drug-likeness (QED) is 0.560. The van der Waals surface area contributed by atoms with Crippen LogP contribution in [0.2, 0.25) is 0 Å². The van der Waals surface area contributed by atoms with E-state index in [0.717, 1.165) is 32.0 Å². The lowest BCUT2D eigenvalue weighted by atomic mass is 10.2. The lowest BCUT2D eigenvalue weighted by Gasteiger charge is -2.10.